The maximum absolute atomic E-state index is 14.4. The number of sulfonamides is 1. The minimum atomic E-state index is -4.00. The number of nitrogens with one attached hydrogen (secondary N) is 1. The number of amides is 1. The molecule has 0 saturated carbocycles. The standard InChI is InChI=1S/C27H28FN3O6S/c1-27(2)24(19-9-7-17(8-10-19)18-11-13-20(14-12-18)36-25(29)33)38(34,35)31-26(37-27)30-23(15-16-32)21-5-3-4-6-22(21)28/h3-14,23-24,32H,15-16H2,1-2H3,(H2,29,33)(H,30,31)/t23-,24-/m0/s1. The lowest BCUT2D eigenvalue weighted by Crippen LogP contribution is -2.53. The number of carbonyl (C=O) groups is 1. The number of aliphatic hydroxyl groups excluding tert-OH is 1. The first-order chi connectivity index (χ1) is 18.0. The Morgan fingerprint density at radius 3 is 2.26 bits per heavy atom. The van der Waals surface area contributed by atoms with Crippen LogP contribution in [-0.4, -0.2) is 37.8 Å². The fourth-order valence-electron chi connectivity index (χ4n) is 4.49. The molecule has 11 heteroatoms. The molecule has 4 rings (SSSR count). The Hall–Kier alpha value is -3.96. The lowest BCUT2D eigenvalue weighted by Gasteiger charge is -2.39. The summed E-state index contributed by atoms with van der Waals surface area (Å²) in [6.45, 7) is 3.00. The van der Waals surface area contributed by atoms with E-state index in [0.717, 1.165) is 11.1 Å². The highest BCUT2D eigenvalue weighted by Crippen LogP contribution is 2.40. The average molecular weight is 542 g/mol. The van der Waals surface area contributed by atoms with Gasteiger partial charge in [-0.05, 0) is 55.2 Å². The number of aliphatic hydroxyl groups is 1. The van der Waals surface area contributed by atoms with Gasteiger partial charge in [-0.3, -0.25) is 0 Å². The van der Waals surface area contributed by atoms with Crippen LogP contribution in [0, 0.1) is 5.82 Å². The second-order valence-electron chi connectivity index (χ2n) is 9.28. The van der Waals surface area contributed by atoms with Crippen LogP contribution in [-0.2, 0) is 14.8 Å². The summed E-state index contributed by atoms with van der Waals surface area (Å²) in [7, 11) is -4.00. The summed E-state index contributed by atoms with van der Waals surface area (Å²) in [4.78, 5) is 15.2. The van der Waals surface area contributed by atoms with E-state index >= 15 is 0 Å². The maximum atomic E-state index is 14.4. The van der Waals surface area contributed by atoms with E-state index < -0.39 is 38.8 Å². The molecular weight excluding hydrogens is 513 g/mol. The van der Waals surface area contributed by atoms with Crippen molar-refractivity contribution in [3.63, 3.8) is 0 Å². The molecule has 0 aromatic heterocycles. The molecule has 2 atom stereocenters. The summed E-state index contributed by atoms with van der Waals surface area (Å²) in [5.74, 6) is -0.203. The maximum Gasteiger partial charge on any atom is 0.409 e. The Bertz CT molecular complexity index is 1440. The zero-order valence-corrected chi connectivity index (χ0v) is 21.6. The molecule has 1 saturated heterocycles. The summed E-state index contributed by atoms with van der Waals surface area (Å²) in [5.41, 5.74) is 6.17. The highest BCUT2D eigenvalue weighted by atomic mass is 32.2. The molecule has 1 aliphatic heterocycles. The van der Waals surface area contributed by atoms with Crippen molar-refractivity contribution in [1.82, 2.24) is 4.72 Å². The highest BCUT2D eigenvalue weighted by molar-refractivity contribution is 7.90. The van der Waals surface area contributed by atoms with Crippen molar-refractivity contribution in [1.29, 1.82) is 0 Å². The van der Waals surface area contributed by atoms with Gasteiger partial charge in [0, 0.05) is 12.2 Å². The van der Waals surface area contributed by atoms with E-state index in [1.165, 1.54) is 18.2 Å². The van der Waals surface area contributed by atoms with Gasteiger partial charge >= 0.3 is 6.09 Å². The summed E-state index contributed by atoms with van der Waals surface area (Å²) < 4.78 is 54.3. The predicted molar refractivity (Wildman–Crippen MR) is 140 cm³/mol. The molecule has 1 fully saturated rings. The minimum Gasteiger partial charge on any atom is -0.457 e. The summed E-state index contributed by atoms with van der Waals surface area (Å²) in [6.07, 6.45) is -0.824. The number of amidine groups is 1. The van der Waals surface area contributed by atoms with E-state index in [0.29, 0.717) is 11.3 Å². The van der Waals surface area contributed by atoms with Crippen LogP contribution in [0.2, 0.25) is 0 Å². The molecule has 0 radical (unpaired) electrons. The van der Waals surface area contributed by atoms with Gasteiger partial charge in [0.05, 0.1) is 6.04 Å². The number of nitrogens with zero attached hydrogens (tertiary/aromatic N) is 1. The number of hydrogen-bond acceptors (Lipinski definition) is 7. The number of carbonyl (C=O) groups excluding carboxylic acids is 1. The van der Waals surface area contributed by atoms with Gasteiger partial charge in [-0.15, -0.1) is 0 Å². The molecule has 4 N–H and O–H groups in total. The van der Waals surface area contributed by atoms with Crippen molar-refractivity contribution in [2.24, 2.45) is 10.7 Å². The molecule has 9 nitrogen and oxygen atoms in total. The molecule has 0 spiro atoms. The number of primary amides is 1. The van der Waals surface area contributed by atoms with E-state index in [4.69, 9.17) is 15.2 Å². The largest absolute Gasteiger partial charge is 0.457 e. The van der Waals surface area contributed by atoms with E-state index in [9.17, 15) is 22.7 Å². The number of hydrogen-bond donors (Lipinski definition) is 3. The topological polar surface area (TPSA) is 140 Å². The first-order valence-corrected chi connectivity index (χ1v) is 13.4. The zero-order chi connectivity index (χ0) is 27.5. The Kier molecular flexibility index (Phi) is 7.70. The number of halogens is 1. The van der Waals surface area contributed by atoms with Crippen molar-refractivity contribution in [3.05, 3.63) is 89.7 Å². The Balaban J connectivity index is 1.59. The SMILES string of the molecule is CC1(C)OC(=N[C@@H](CCO)c2ccccc2F)NS(=O)(=O)[C@H]1c1ccc(-c2ccc(OC(N)=O)cc2)cc1. The molecular formula is C27H28FN3O6S. The quantitative estimate of drug-likeness (QED) is 0.410. The van der Waals surface area contributed by atoms with Crippen LogP contribution in [0.25, 0.3) is 11.1 Å². The summed E-state index contributed by atoms with van der Waals surface area (Å²) in [5, 5.41) is 8.40. The molecule has 0 aliphatic carbocycles. The molecule has 1 aliphatic rings. The average Bonchev–Trinajstić information content (AvgIpc) is 2.83. The third-order valence-corrected chi connectivity index (χ3v) is 8.01. The van der Waals surface area contributed by atoms with Gasteiger partial charge in [0.25, 0.3) is 6.02 Å². The van der Waals surface area contributed by atoms with Crippen LogP contribution < -0.4 is 15.2 Å². The molecule has 200 valence electrons. The van der Waals surface area contributed by atoms with Crippen LogP contribution in [0.15, 0.2) is 77.8 Å². The molecule has 1 amide bonds. The number of ether oxygens (including phenoxy) is 2. The van der Waals surface area contributed by atoms with Crippen LogP contribution in [0.4, 0.5) is 9.18 Å². The van der Waals surface area contributed by atoms with E-state index in [2.05, 4.69) is 9.71 Å². The monoisotopic (exact) mass is 541 g/mol. The number of benzene rings is 3. The fraction of sp³-hybridized carbons (Fsp3) is 0.259. The third-order valence-electron chi connectivity index (χ3n) is 6.09. The molecule has 3 aromatic carbocycles. The van der Waals surface area contributed by atoms with Gasteiger partial charge < -0.3 is 20.3 Å². The summed E-state index contributed by atoms with van der Waals surface area (Å²) in [6, 6.07) is 18.6. The first-order valence-electron chi connectivity index (χ1n) is 11.8. The van der Waals surface area contributed by atoms with Crippen molar-refractivity contribution in [3.8, 4) is 16.9 Å². The van der Waals surface area contributed by atoms with Gasteiger partial charge in [-0.1, -0.05) is 54.6 Å². The first kappa shape index (κ1) is 27.1. The van der Waals surface area contributed by atoms with Crippen molar-refractivity contribution >= 4 is 22.1 Å². The Morgan fingerprint density at radius 2 is 1.71 bits per heavy atom. The van der Waals surface area contributed by atoms with Gasteiger partial charge in [0.15, 0.2) is 0 Å². The van der Waals surface area contributed by atoms with Crippen LogP contribution in [0.5, 0.6) is 5.75 Å². The molecule has 3 aromatic rings. The molecule has 1 heterocycles. The molecule has 38 heavy (non-hydrogen) atoms. The number of nitrogens with two attached hydrogens (primary N) is 1. The van der Waals surface area contributed by atoms with Gasteiger partial charge in [-0.2, -0.15) is 0 Å². The van der Waals surface area contributed by atoms with Crippen LogP contribution >= 0.6 is 0 Å². The van der Waals surface area contributed by atoms with E-state index in [-0.39, 0.29) is 24.6 Å². The number of rotatable bonds is 7. The Morgan fingerprint density at radius 1 is 1.11 bits per heavy atom. The van der Waals surface area contributed by atoms with Crippen LogP contribution in [0.1, 0.15) is 42.7 Å². The smallest absolute Gasteiger partial charge is 0.409 e. The second kappa shape index (κ2) is 10.8. The van der Waals surface area contributed by atoms with Gasteiger partial charge in [0.2, 0.25) is 10.0 Å². The van der Waals surface area contributed by atoms with E-state index in [1.54, 1.807) is 68.4 Å². The van der Waals surface area contributed by atoms with Gasteiger partial charge in [-0.25, -0.2) is 27.3 Å². The predicted octanol–water partition coefficient (Wildman–Crippen LogP) is 4.20. The molecule has 0 bridgehead atoms. The second-order valence-corrected chi connectivity index (χ2v) is 11.0. The lowest BCUT2D eigenvalue weighted by atomic mass is 9.95. The highest BCUT2D eigenvalue weighted by Gasteiger charge is 2.48. The Labute approximate surface area is 220 Å². The summed E-state index contributed by atoms with van der Waals surface area (Å²) >= 11 is 0. The van der Waals surface area contributed by atoms with Crippen molar-refractivity contribution in [2.45, 2.75) is 37.2 Å². The normalized spacial score (nSPS) is 19.7. The minimum absolute atomic E-state index is 0.0798. The van der Waals surface area contributed by atoms with E-state index in [1.807, 2.05) is 0 Å². The fourth-order valence-corrected chi connectivity index (χ4v) is 6.26. The van der Waals surface area contributed by atoms with Crippen molar-refractivity contribution < 1.29 is 32.2 Å². The third kappa shape index (κ3) is 5.95. The lowest BCUT2D eigenvalue weighted by molar-refractivity contribution is 0.0758. The van der Waals surface area contributed by atoms with Crippen LogP contribution in [0.3, 0.4) is 0 Å². The van der Waals surface area contributed by atoms with Gasteiger partial charge in [0.1, 0.15) is 22.4 Å². The number of aliphatic imine (C=N–C) groups is 1. The zero-order valence-electron chi connectivity index (χ0n) is 20.8. The molecule has 0 unspecified atom stereocenters. The van der Waals surface area contributed by atoms with Crippen molar-refractivity contribution in [2.75, 3.05) is 6.61 Å².